The van der Waals surface area contributed by atoms with Gasteiger partial charge in [-0.25, -0.2) is 0 Å². The van der Waals surface area contributed by atoms with Gasteiger partial charge in [0.25, 0.3) is 0 Å². The third-order valence-corrected chi connectivity index (χ3v) is 4.84. The molecule has 3 rings (SSSR count). The first kappa shape index (κ1) is 20.3. The van der Waals surface area contributed by atoms with Gasteiger partial charge in [0, 0.05) is 28.3 Å². The first-order valence-corrected chi connectivity index (χ1v) is 9.63. The number of nitrogens with zero attached hydrogens (tertiary/aromatic N) is 1. The average Bonchev–Trinajstić information content (AvgIpc) is 2.68. The second-order valence-corrected chi connectivity index (χ2v) is 7.07. The molecule has 1 aliphatic rings. The number of hydrogen-bond donors (Lipinski definition) is 1. The van der Waals surface area contributed by atoms with E-state index in [2.05, 4.69) is 5.32 Å². The van der Waals surface area contributed by atoms with Crippen LogP contribution in [0.4, 0.5) is 5.69 Å². The summed E-state index contributed by atoms with van der Waals surface area (Å²) in [5.41, 5.74) is 1.25. The minimum absolute atomic E-state index is 0.0605. The van der Waals surface area contributed by atoms with Crippen molar-refractivity contribution in [1.29, 1.82) is 0 Å². The molecule has 1 aliphatic heterocycles. The summed E-state index contributed by atoms with van der Waals surface area (Å²) in [6.07, 6.45) is 0.0984. The van der Waals surface area contributed by atoms with Crippen molar-refractivity contribution in [2.45, 2.75) is 13.3 Å². The van der Waals surface area contributed by atoms with Gasteiger partial charge in [0.15, 0.2) is 11.5 Å². The molecule has 2 aromatic carbocycles. The molecule has 148 valence electrons. The molecule has 2 amide bonds. The van der Waals surface area contributed by atoms with Gasteiger partial charge < -0.3 is 19.7 Å². The van der Waals surface area contributed by atoms with Crippen molar-refractivity contribution in [3.05, 3.63) is 52.0 Å². The van der Waals surface area contributed by atoms with Crippen molar-refractivity contribution < 1.29 is 19.1 Å². The van der Waals surface area contributed by atoms with E-state index in [-0.39, 0.29) is 24.8 Å². The van der Waals surface area contributed by atoms with Gasteiger partial charge in [-0.3, -0.25) is 9.59 Å². The predicted molar refractivity (Wildman–Crippen MR) is 108 cm³/mol. The maximum atomic E-state index is 12.6. The van der Waals surface area contributed by atoms with Gasteiger partial charge in [-0.05, 0) is 36.8 Å². The molecule has 28 heavy (non-hydrogen) atoms. The van der Waals surface area contributed by atoms with E-state index in [0.717, 1.165) is 0 Å². The van der Waals surface area contributed by atoms with Crippen molar-refractivity contribution in [2.24, 2.45) is 0 Å². The number of carbonyl (C=O) groups is 2. The van der Waals surface area contributed by atoms with Crippen molar-refractivity contribution in [1.82, 2.24) is 4.90 Å². The summed E-state index contributed by atoms with van der Waals surface area (Å²) in [4.78, 5) is 26.4. The summed E-state index contributed by atoms with van der Waals surface area (Å²) in [5.74, 6) is 0.748. The molecule has 0 aromatic heterocycles. The van der Waals surface area contributed by atoms with Gasteiger partial charge in [0.2, 0.25) is 11.8 Å². The first-order chi connectivity index (χ1) is 13.5. The first-order valence-electron chi connectivity index (χ1n) is 8.87. The molecule has 0 saturated heterocycles. The van der Waals surface area contributed by atoms with Crippen LogP contribution >= 0.6 is 23.2 Å². The minimum atomic E-state index is -0.297. The number of anilines is 1. The van der Waals surface area contributed by atoms with Crippen LogP contribution in [0.25, 0.3) is 0 Å². The van der Waals surface area contributed by atoms with Gasteiger partial charge >= 0.3 is 0 Å². The minimum Gasteiger partial charge on any atom is -0.486 e. The summed E-state index contributed by atoms with van der Waals surface area (Å²) in [7, 11) is 0. The number of amides is 2. The lowest BCUT2D eigenvalue weighted by Gasteiger charge is -2.22. The second-order valence-electron chi connectivity index (χ2n) is 6.23. The number of ether oxygens (including phenoxy) is 2. The molecule has 8 heteroatoms. The molecular weight excluding hydrogens is 403 g/mol. The SMILES string of the molecule is CCN(CC(=O)Nc1ccc2c(c1)OCCO2)C(=O)Cc1ccc(Cl)cc1Cl. The molecule has 1 heterocycles. The summed E-state index contributed by atoms with van der Waals surface area (Å²) in [6.45, 7) is 3.13. The summed E-state index contributed by atoms with van der Waals surface area (Å²) in [5, 5.41) is 3.72. The highest BCUT2D eigenvalue weighted by Crippen LogP contribution is 2.32. The lowest BCUT2D eigenvalue weighted by Crippen LogP contribution is -2.38. The van der Waals surface area contributed by atoms with Crippen LogP contribution in [0.1, 0.15) is 12.5 Å². The molecule has 2 aromatic rings. The maximum Gasteiger partial charge on any atom is 0.243 e. The molecule has 0 fully saturated rings. The van der Waals surface area contributed by atoms with E-state index in [1.165, 1.54) is 4.90 Å². The highest BCUT2D eigenvalue weighted by molar-refractivity contribution is 6.35. The Labute approximate surface area is 173 Å². The summed E-state index contributed by atoms with van der Waals surface area (Å²) >= 11 is 12.0. The van der Waals surface area contributed by atoms with E-state index in [0.29, 0.717) is 52.6 Å². The topological polar surface area (TPSA) is 67.9 Å². The Hall–Kier alpha value is -2.44. The van der Waals surface area contributed by atoms with Crippen molar-refractivity contribution in [2.75, 3.05) is 31.6 Å². The number of halogens is 2. The van der Waals surface area contributed by atoms with E-state index in [9.17, 15) is 9.59 Å². The van der Waals surface area contributed by atoms with Crippen molar-refractivity contribution in [3.8, 4) is 11.5 Å². The maximum absolute atomic E-state index is 12.6. The third-order valence-electron chi connectivity index (χ3n) is 4.25. The third kappa shape index (κ3) is 5.09. The van der Waals surface area contributed by atoms with Gasteiger partial charge in [-0.1, -0.05) is 29.3 Å². The highest BCUT2D eigenvalue weighted by Gasteiger charge is 2.18. The number of nitrogens with one attached hydrogen (secondary N) is 1. The zero-order valence-corrected chi connectivity index (χ0v) is 16.8. The van der Waals surface area contributed by atoms with Crippen LogP contribution in [0, 0.1) is 0 Å². The summed E-state index contributed by atoms with van der Waals surface area (Å²) < 4.78 is 11.0. The van der Waals surface area contributed by atoms with E-state index in [4.69, 9.17) is 32.7 Å². The molecular formula is C20H20Cl2N2O4. The monoisotopic (exact) mass is 422 g/mol. The molecule has 1 N–H and O–H groups in total. The van der Waals surface area contributed by atoms with Crippen LogP contribution in [-0.4, -0.2) is 43.0 Å². The Bertz CT molecular complexity index is 889. The molecule has 0 bridgehead atoms. The number of fused-ring (bicyclic) bond motifs is 1. The number of rotatable bonds is 6. The largest absolute Gasteiger partial charge is 0.486 e. The van der Waals surface area contributed by atoms with Gasteiger partial charge in [-0.2, -0.15) is 0 Å². The van der Waals surface area contributed by atoms with Crippen molar-refractivity contribution >= 4 is 40.7 Å². The molecule has 0 spiro atoms. The van der Waals surface area contributed by atoms with Crippen LogP contribution in [-0.2, 0) is 16.0 Å². The van der Waals surface area contributed by atoms with Crippen molar-refractivity contribution in [3.63, 3.8) is 0 Å². The molecule has 0 unspecified atom stereocenters. The van der Waals surface area contributed by atoms with Gasteiger partial charge in [0.1, 0.15) is 13.2 Å². The average molecular weight is 423 g/mol. The second kappa shape index (κ2) is 9.17. The van der Waals surface area contributed by atoms with Crippen LogP contribution in [0.15, 0.2) is 36.4 Å². The van der Waals surface area contributed by atoms with Gasteiger partial charge in [-0.15, -0.1) is 0 Å². The van der Waals surface area contributed by atoms with E-state index in [1.54, 1.807) is 36.4 Å². The fourth-order valence-electron chi connectivity index (χ4n) is 2.81. The lowest BCUT2D eigenvalue weighted by molar-refractivity contribution is -0.133. The standard InChI is InChI=1S/C20H20Cl2N2O4/c1-2-24(20(26)9-13-3-4-14(21)10-16(13)22)12-19(25)23-15-5-6-17-18(11-15)28-8-7-27-17/h3-6,10-11H,2,7-9,12H2,1H3,(H,23,25). The molecule has 0 saturated carbocycles. The van der Waals surface area contributed by atoms with Crippen LogP contribution in [0.2, 0.25) is 10.0 Å². The highest BCUT2D eigenvalue weighted by atomic mass is 35.5. The Morgan fingerprint density at radius 3 is 2.54 bits per heavy atom. The predicted octanol–water partition coefficient (Wildman–Crippen LogP) is 3.79. The number of likely N-dealkylation sites (N-methyl/N-ethyl adjacent to an activating group) is 1. The number of hydrogen-bond acceptors (Lipinski definition) is 4. The zero-order chi connectivity index (χ0) is 20.1. The lowest BCUT2D eigenvalue weighted by atomic mass is 10.1. The Morgan fingerprint density at radius 1 is 1.07 bits per heavy atom. The van der Waals surface area contributed by atoms with Crippen LogP contribution in [0.3, 0.4) is 0 Å². The fourth-order valence-corrected chi connectivity index (χ4v) is 3.29. The number of benzene rings is 2. The normalized spacial score (nSPS) is 12.4. The smallest absolute Gasteiger partial charge is 0.243 e. The van der Waals surface area contributed by atoms with Crippen LogP contribution < -0.4 is 14.8 Å². The molecule has 0 atom stereocenters. The van der Waals surface area contributed by atoms with E-state index < -0.39 is 0 Å². The Morgan fingerprint density at radius 2 is 1.82 bits per heavy atom. The fraction of sp³-hybridized carbons (Fsp3) is 0.300. The quantitative estimate of drug-likeness (QED) is 0.768. The Balaban J connectivity index is 1.60. The molecule has 0 aliphatic carbocycles. The summed E-state index contributed by atoms with van der Waals surface area (Å²) in [6, 6.07) is 10.2. The van der Waals surface area contributed by atoms with Gasteiger partial charge in [0.05, 0.1) is 13.0 Å². The van der Waals surface area contributed by atoms with E-state index in [1.807, 2.05) is 6.92 Å². The van der Waals surface area contributed by atoms with E-state index >= 15 is 0 Å². The molecule has 6 nitrogen and oxygen atoms in total. The molecule has 0 radical (unpaired) electrons. The number of carbonyl (C=O) groups excluding carboxylic acids is 2. The zero-order valence-electron chi connectivity index (χ0n) is 15.3. The van der Waals surface area contributed by atoms with Crippen LogP contribution in [0.5, 0.6) is 11.5 Å². The Kier molecular flexibility index (Phi) is 6.65.